The fourth-order valence-corrected chi connectivity index (χ4v) is 3.29. The monoisotopic (exact) mass is 379 g/mol. The summed E-state index contributed by atoms with van der Waals surface area (Å²) in [6.07, 6.45) is 3.22. The predicted octanol–water partition coefficient (Wildman–Crippen LogP) is 4.24. The first-order valence-electron chi connectivity index (χ1n) is 8.42. The minimum Gasteiger partial charge on any atom is -0.349 e. The van der Waals surface area contributed by atoms with E-state index in [1.807, 2.05) is 37.3 Å². The summed E-state index contributed by atoms with van der Waals surface area (Å²) in [5.41, 5.74) is 1.43. The molecule has 0 aromatic heterocycles. The normalized spacial score (nSPS) is 13.7. The highest BCUT2D eigenvalue weighted by Gasteiger charge is 2.25. The van der Waals surface area contributed by atoms with Crippen LogP contribution in [0, 0.1) is 28.4 Å². The molecule has 1 saturated carbocycles. The van der Waals surface area contributed by atoms with Gasteiger partial charge in [-0.05, 0) is 49.6 Å². The molecular weight excluding hydrogens is 362 g/mol. The SMILES string of the molecule is Cc1ccc(Sc2ccc(/C=C(\C#N)C(=O)NC3CC3)cc2[N+](=O)[O-])cc1. The molecule has 0 saturated heterocycles. The van der Waals surface area contributed by atoms with Gasteiger partial charge >= 0.3 is 0 Å². The van der Waals surface area contributed by atoms with Gasteiger partial charge in [-0.15, -0.1) is 0 Å². The molecule has 0 spiro atoms. The molecule has 2 aromatic carbocycles. The van der Waals surface area contributed by atoms with Gasteiger partial charge in [0, 0.05) is 17.0 Å². The molecule has 6 nitrogen and oxygen atoms in total. The first kappa shape index (κ1) is 18.7. The minimum atomic E-state index is -0.454. The number of nitro benzene ring substituents is 1. The van der Waals surface area contributed by atoms with E-state index in [9.17, 15) is 20.2 Å². The number of nitrogens with one attached hydrogen (secondary N) is 1. The molecule has 27 heavy (non-hydrogen) atoms. The maximum Gasteiger partial charge on any atom is 0.283 e. The number of hydrogen-bond donors (Lipinski definition) is 1. The fourth-order valence-electron chi connectivity index (χ4n) is 2.39. The largest absolute Gasteiger partial charge is 0.349 e. The number of carbonyl (C=O) groups is 1. The van der Waals surface area contributed by atoms with Gasteiger partial charge in [-0.1, -0.05) is 35.5 Å². The topological polar surface area (TPSA) is 96.0 Å². The molecule has 1 amide bonds. The van der Waals surface area contributed by atoms with Crippen LogP contribution in [0.1, 0.15) is 24.0 Å². The van der Waals surface area contributed by atoms with E-state index in [1.165, 1.54) is 23.9 Å². The van der Waals surface area contributed by atoms with Crippen molar-refractivity contribution in [1.29, 1.82) is 5.26 Å². The molecule has 136 valence electrons. The van der Waals surface area contributed by atoms with Crippen molar-refractivity contribution in [3.63, 3.8) is 0 Å². The van der Waals surface area contributed by atoms with Gasteiger partial charge in [0.25, 0.3) is 11.6 Å². The van der Waals surface area contributed by atoms with Crippen molar-refractivity contribution >= 4 is 29.4 Å². The van der Waals surface area contributed by atoms with E-state index in [-0.39, 0.29) is 17.3 Å². The summed E-state index contributed by atoms with van der Waals surface area (Å²) in [4.78, 5) is 24.5. The number of nitrogens with zero attached hydrogens (tertiary/aromatic N) is 2. The van der Waals surface area contributed by atoms with Crippen molar-refractivity contribution in [3.8, 4) is 6.07 Å². The van der Waals surface area contributed by atoms with Crippen molar-refractivity contribution < 1.29 is 9.72 Å². The van der Waals surface area contributed by atoms with E-state index >= 15 is 0 Å². The molecule has 0 unspecified atom stereocenters. The van der Waals surface area contributed by atoms with Crippen LogP contribution in [-0.2, 0) is 4.79 Å². The van der Waals surface area contributed by atoms with Crippen LogP contribution >= 0.6 is 11.8 Å². The van der Waals surface area contributed by atoms with Gasteiger partial charge < -0.3 is 5.32 Å². The minimum absolute atomic E-state index is 0.0601. The summed E-state index contributed by atoms with van der Waals surface area (Å²) in [6, 6.07) is 14.4. The van der Waals surface area contributed by atoms with E-state index in [2.05, 4.69) is 5.32 Å². The van der Waals surface area contributed by atoms with Crippen molar-refractivity contribution in [2.24, 2.45) is 0 Å². The van der Waals surface area contributed by atoms with Gasteiger partial charge in [-0.3, -0.25) is 14.9 Å². The molecule has 1 aliphatic rings. The molecule has 1 N–H and O–H groups in total. The summed E-state index contributed by atoms with van der Waals surface area (Å²) in [5.74, 6) is -0.444. The van der Waals surface area contributed by atoms with E-state index in [1.54, 1.807) is 12.1 Å². The van der Waals surface area contributed by atoms with Crippen molar-refractivity contribution in [2.45, 2.75) is 35.6 Å². The molecule has 0 heterocycles. The van der Waals surface area contributed by atoms with Gasteiger partial charge in [-0.2, -0.15) is 5.26 Å². The van der Waals surface area contributed by atoms with Crippen molar-refractivity contribution in [1.82, 2.24) is 5.32 Å². The highest BCUT2D eigenvalue weighted by molar-refractivity contribution is 7.99. The Bertz CT molecular complexity index is 957. The Kier molecular flexibility index (Phi) is 5.57. The second-order valence-corrected chi connectivity index (χ2v) is 7.43. The van der Waals surface area contributed by atoms with Gasteiger partial charge in [0.2, 0.25) is 0 Å². The second-order valence-electron chi connectivity index (χ2n) is 6.32. The summed E-state index contributed by atoms with van der Waals surface area (Å²) < 4.78 is 0. The molecule has 0 aliphatic heterocycles. The lowest BCUT2D eigenvalue weighted by Crippen LogP contribution is -2.26. The van der Waals surface area contributed by atoms with E-state index in [0.29, 0.717) is 10.5 Å². The van der Waals surface area contributed by atoms with Gasteiger partial charge in [0.1, 0.15) is 11.6 Å². The number of rotatable bonds is 6. The zero-order chi connectivity index (χ0) is 19.4. The third-order valence-electron chi connectivity index (χ3n) is 4.02. The maximum atomic E-state index is 12.0. The Morgan fingerprint density at radius 1 is 1.30 bits per heavy atom. The van der Waals surface area contributed by atoms with Crippen LogP contribution in [0.4, 0.5) is 5.69 Å². The molecule has 2 aromatic rings. The third-order valence-corrected chi connectivity index (χ3v) is 5.09. The predicted molar refractivity (Wildman–Crippen MR) is 103 cm³/mol. The van der Waals surface area contributed by atoms with Crippen LogP contribution in [0.2, 0.25) is 0 Å². The Morgan fingerprint density at radius 3 is 2.59 bits per heavy atom. The average Bonchev–Trinajstić information content (AvgIpc) is 3.46. The first-order chi connectivity index (χ1) is 13.0. The lowest BCUT2D eigenvalue weighted by atomic mass is 10.1. The zero-order valence-electron chi connectivity index (χ0n) is 14.6. The highest BCUT2D eigenvalue weighted by Crippen LogP contribution is 2.35. The molecule has 3 rings (SSSR count). The van der Waals surface area contributed by atoms with E-state index < -0.39 is 10.8 Å². The number of benzene rings is 2. The molecule has 0 atom stereocenters. The second kappa shape index (κ2) is 8.06. The lowest BCUT2D eigenvalue weighted by Gasteiger charge is -2.05. The average molecular weight is 379 g/mol. The zero-order valence-corrected chi connectivity index (χ0v) is 15.5. The highest BCUT2D eigenvalue weighted by atomic mass is 32.2. The molecule has 0 bridgehead atoms. The van der Waals surface area contributed by atoms with Crippen LogP contribution in [0.3, 0.4) is 0 Å². The number of aryl methyl sites for hydroxylation is 1. The molecule has 1 aliphatic carbocycles. The molecule has 1 fully saturated rings. The molecule has 7 heteroatoms. The van der Waals surface area contributed by atoms with Crippen LogP contribution in [0.25, 0.3) is 6.08 Å². The summed E-state index contributed by atoms with van der Waals surface area (Å²) in [5, 5.41) is 23.5. The summed E-state index contributed by atoms with van der Waals surface area (Å²) >= 11 is 1.30. The lowest BCUT2D eigenvalue weighted by molar-refractivity contribution is -0.387. The smallest absolute Gasteiger partial charge is 0.283 e. The number of carbonyl (C=O) groups excluding carboxylic acids is 1. The quantitative estimate of drug-likeness (QED) is 0.350. The van der Waals surface area contributed by atoms with Crippen LogP contribution in [0.15, 0.2) is 57.8 Å². The van der Waals surface area contributed by atoms with Gasteiger partial charge in [0.15, 0.2) is 0 Å². The Morgan fingerprint density at radius 2 is 2.00 bits per heavy atom. The summed E-state index contributed by atoms with van der Waals surface area (Å²) in [6.45, 7) is 1.98. The molecule has 0 radical (unpaired) electrons. The van der Waals surface area contributed by atoms with E-state index in [0.717, 1.165) is 23.3 Å². The Balaban J connectivity index is 1.87. The van der Waals surface area contributed by atoms with E-state index in [4.69, 9.17) is 0 Å². The Hall–Kier alpha value is -3.11. The summed E-state index contributed by atoms with van der Waals surface area (Å²) in [7, 11) is 0. The first-order valence-corrected chi connectivity index (χ1v) is 9.23. The van der Waals surface area contributed by atoms with Crippen LogP contribution in [0.5, 0.6) is 0 Å². The standard InChI is InChI=1S/C20H17N3O3S/c1-13-2-7-17(8-3-13)27-19-9-4-14(11-18(19)23(25)26)10-15(12-21)20(24)22-16-5-6-16/h2-4,7-11,16H,5-6H2,1H3,(H,22,24)/b15-10+. The van der Waals surface area contributed by atoms with Gasteiger partial charge in [0.05, 0.1) is 9.82 Å². The number of hydrogen-bond acceptors (Lipinski definition) is 5. The number of amides is 1. The van der Waals surface area contributed by atoms with Crippen molar-refractivity contribution in [3.05, 3.63) is 69.3 Å². The van der Waals surface area contributed by atoms with Gasteiger partial charge in [-0.25, -0.2) is 0 Å². The Labute approximate surface area is 161 Å². The molecular formula is C20H17N3O3S. The van der Waals surface area contributed by atoms with Crippen LogP contribution < -0.4 is 5.32 Å². The number of nitro groups is 1. The third kappa shape index (κ3) is 4.96. The van der Waals surface area contributed by atoms with Crippen LogP contribution in [-0.4, -0.2) is 16.9 Å². The maximum absolute atomic E-state index is 12.0. The fraction of sp³-hybridized carbons (Fsp3) is 0.200. The van der Waals surface area contributed by atoms with Crippen molar-refractivity contribution in [2.75, 3.05) is 0 Å². The number of nitriles is 1.